The highest BCUT2D eigenvalue weighted by Gasteiger charge is 2.63. The minimum Gasteiger partial charge on any atom is -0.393 e. The quantitative estimate of drug-likeness (QED) is 0.703. The van der Waals surface area contributed by atoms with Crippen LogP contribution in [0, 0.1) is 23.7 Å². The van der Waals surface area contributed by atoms with Gasteiger partial charge in [-0.2, -0.15) is 0 Å². The maximum atomic E-state index is 10.4. The Hall–Kier alpha value is -0.0800. The molecule has 2 heteroatoms. The lowest BCUT2D eigenvalue weighted by Gasteiger charge is -2.42. The van der Waals surface area contributed by atoms with E-state index in [1.165, 1.54) is 19.3 Å². The molecule has 1 N–H and O–H groups in total. The van der Waals surface area contributed by atoms with Crippen LogP contribution in [0.15, 0.2) is 0 Å². The van der Waals surface area contributed by atoms with Crippen molar-refractivity contribution >= 4 is 0 Å². The van der Waals surface area contributed by atoms with Crippen molar-refractivity contribution in [2.45, 2.75) is 70.7 Å². The van der Waals surface area contributed by atoms with Crippen molar-refractivity contribution in [1.82, 2.24) is 0 Å². The number of rotatable bonds is 0. The summed E-state index contributed by atoms with van der Waals surface area (Å²) in [7, 11) is 0. The molecule has 1 aliphatic heterocycles. The second kappa shape index (κ2) is 3.48. The molecule has 1 spiro atoms. The summed E-state index contributed by atoms with van der Waals surface area (Å²) >= 11 is 0. The van der Waals surface area contributed by atoms with E-state index in [2.05, 4.69) is 27.7 Å². The van der Waals surface area contributed by atoms with Gasteiger partial charge in [0.15, 0.2) is 0 Å². The maximum Gasteiger partial charge on any atom is 0.0750 e. The summed E-state index contributed by atoms with van der Waals surface area (Å²) in [6.45, 7) is 9.02. The lowest BCUT2D eigenvalue weighted by atomic mass is 9.76. The molecule has 3 rings (SSSR count). The van der Waals surface area contributed by atoms with E-state index in [-0.39, 0.29) is 17.3 Å². The molecule has 0 radical (unpaired) electrons. The van der Waals surface area contributed by atoms with Gasteiger partial charge >= 0.3 is 0 Å². The average Bonchev–Trinajstić information content (AvgIpc) is 2.63. The maximum absolute atomic E-state index is 10.4. The van der Waals surface area contributed by atoms with Crippen LogP contribution in [0.25, 0.3) is 0 Å². The fourth-order valence-electron chi connectivity index (χ4n) is 4.91. The van der Waals surface area contributed by atoms with E-state index < -0.39 is 0 Å². The Morgan fingerprint density at radius 2 is 1.88 bits per heavy atom. The summed E-state index contributed by atoms with van der Waals surface area (Å²) in [5.74, 6) is 2.16. The van der Waals surface area contributed by atoms with E-state index in [9.17, 15) is 5.11 Å². The van der Waals surface area contributed by atoms with Crippen LogP contribution in [-0.4, -0.2) is 22.4 Å². The normalized spacial score (nSPS) is 56.6. The van der Waals surface area contributed by atoms with Crippen molar-refractivity contribution in [3.8, 4) is 0 Å². The van der Waals surface area contributed by atoms with E-state index in [4.69, 9.17) is 4.74 Å². The fraction of sp³-hybridized carbons (Fsp3) is 1.00. The van der Waals surface area contributed by atoms with Crippen LogP contribution >= 0.6 is 0 Å². The number of aliphatic hydroxyl groups excluding tert-OH is 1. The second-order valence-corrected chi connectivity index (χ2v) is 7.31. The van der Waals surface area contributed by atoms with Gasteiger partial charge in [0, 0.05) is 0 Å². The molecule has 17 heavy (non-hydrogen) atoms. The standard InChI is InChI=1S/C15H26O2/c1-9-5-6-12-10(2)13(16)7-11-8-15(9,12)17-14(11,3)4/h9-13,16H,5-8H2,1-4H3. The van der Waals surface area contributed by atoms with Crippen LogP contribution in [-0.2, 0) is 4.74 Å². The molecule has 2 saturated carbocycles. The predicted octanol–water partition coefficient (Wildman–Crippen LogP) is 2.99. The molecule has 6 unspecified atom stereocenters. The van der Waals surface area contributed by atoms with Gasteiger partial charge in [0.05, 0.1) is 17.3 Å². The fourth-order valence-corrected chi connectivity index (χ4v) is 4.91. The largest absolute Gasteiger partial charge is 0.393 e. The van der Waals surface area contributed by atoms with E-state index in [0.717, 1.165) is 6.42 Å². The Labute approximate surface area is 105 Å². The van der Waals surface area contributed by atoms with Crippen molar-refractivity contribution < 1.29 is 9.84 Å². The summed E-state index contributed by atoms with van der Waals surface area (Å²) in [6.07, 6.45) is 4.49. The van der Waals surface area contributed by atoms with Gasteiger partial charge in [0.1, 0.15) is 0 Å². The summed E-state index contributed by atoms with van der Waals surface area (Å²) in [5, 5.41) is 10.4. The highest BCUT2D eigenvalue weighted by atomic mass is 16.5. The predicted molar refractivity (Wildman–Crippen MR) is 67.7 cm³/mol. The van der Waals surface area contributed by atoms with E-state index in [1.54, 1.807) is 0 Å². The van der Waals surface area contributed by atoms with Crippen LogP contribution < -0.4 is 0 Å². The first-order valence-corrected chi connectivity index (χ1v) is 7.25. The van der Waals surface area contributed by atoms with E-state index in [1.807, 2.05) is 0 Å². The Kier molecular flexibility index (Phi) is 2.45. The summed E-state index contributed by atoms with van der Waals surface area (Å²) in [5.41, 5.74) is 0.0308. The number of ether oxygens (including phenoxy) is 1. The monoisotopic (exact) mass is 238 g/mol. The van der Waals surface area contributed by atoms with Gasteiger partial charge in [-0.1, -0.05) is 13.8 Å². The highest BCUT2D eigenvalue weighted by Crippen LogP contribution is 2.61. The molecular weight excluding hydrogens is 212 g/mol. The van der Waals surface area contributed by atoms with Crippen LogP contribution in [0.1, 0.15) is 53.4 Å². The molecule has 0 amide bonds. The van der Waals surface area contributed by atoms with Crippen molar-refractivity contribution in [1.29, 1.82) is 0 Å². The number of fused-ring (bicyclic) bond motifs is 1. The number of hydrogen-bond donors (Lipinski definition) is 1. The molecule has 3 fully saturated rings. The summed E-state index contributed by atoms with van der Waals surface area (Å²) in [6, 6.07) is 0. The molecule has 1 saturated heterocycles. The molecule has 98 valence electrons. The lowest BCUT2D eigenvalue weighted by molar-refractivity contribution is -0.158. The molecule has 0 aromatic heterocycles. The first-order valence-electron chi connectivity index (χ1n) is 7.25. The molecule has 2 bridgehead atoms. The summed E-state index contributed by atoms with van der Waals surface area (Å²) < 4.78 is 6.58. The van der Waals surface area contributed by atoms with Crippen LogP contribution in [0.2, 0.25) is 0 Å². The van der Waals surface area contributed by atoms with Crippen molar-refractivity contribution in [3.63, 3.8) is 0 Å². The van der Waals surface area contributed by atoms with Crippen LogP contribution in [0.4, 0.5) is 0 Å². The topological polar surface area (TPSA) is 29.5 Å². The number of hydrogen-bond acceptors (Lipinski definition) is 2. The van der Waals surface area contributed by atoms with Gasteiger partial charge in [-0.3, -0.25) is 0 Å². The van der Waals surface area contributed by atoms with Gasteiger partial charge in [0.2, 0.25) is 0 Å². The van der Waals surface area contributed by atoms with E-state index >= 15 is 0 Å². The van der Waals surface area contributed by atoms with Crippen LogP contribution in [0.3, 0.4) is 0 Å². The van der Waals surface area contributed by atoms with Gasteiger partial charge in [-0.15, -0.1) is 0 Å². The third kappa shape index (κ3) is 1.46. The summed E-state index contributed by atoms with van der Waals surface area (Å²) in [4.78, 5) is 0. The highest BCUT2D eigenvalue weighted by molar-refractivity contribution is 5.11. The molecule has 1 heterocycles. The molecule has 2 aliphatic carbocycles. The third-order valence-corrected chi connectivity index (χ3v) is 6.14. The molecular formula is C15H26O2. The molecule has 6 atom stereocenters. The Morgan fingerprint density at radius 3 is 2.59 bits per heavy atom. The Bertz CT molecular complexity index is 325. The zero-order chi connectivity index (χ0) is 12.4. The smallest absolute Gasteiger partial charge is 0.0750 e. The van der Waals surface area contributed by atoms with Gasteiger partial charge in [0.25, 0.3) is 0 Å². The minimum absolute atomic E-state index is 0.0437. The van der Waals surface area contributed by atoms with Gasteiger partial charge < -0.3 is 9.84 Å². The second-order valence-electron chi connectivity index (χ2n) is 7.31. The van der Waals surface area contributed by atoms with Crippen molar-refractivity contribution in [2.75, 3.05) is 0 Å². The first-order chi connectivity index (χ1) is 7.87. The van der Waals surface area contributed by atoms with Crippen LogP contribution in [0.5, 0.6) is 0 Å². The Morgan fingerprint density at radius 1 is 1.18 bits per heavy atom. The zero-order valence-electron chi connectivity index (χ0n) is 11.6. The van der Waals surface area contributed by atoms with Gasteiger partial charge in [-0.25, -0.2) is 0 Å². The molecule has 0 aromatic rings. The first kappa shape index (κ1) is 12.0. The molecule has 0 aromatic carbocycles. The third-order valence-electron chi connectivity index (χ3n) is 6.14. The van der Waals surface area contributed by atoms with E-state index in [0.29, 0.717) is 23.7 Å². The lowest BCUT2D eigenvalue weighted by Crippen LogP contribution is -2.46. The average molecular weight is 238 g/mol. The van der Waals surface area contributed by atoms with Crippen molar-refractivity contribution in [3.05, 3.63) is 0 Å². The van der Waals surface area contributed by atoms with Crippen molar-refractivity contribution in [2.24, 2.45) is 23.7 Å². The number of aliphatic hydroxyl groups is 1. The molecule has 3 aliphatic rings. The van der Waals surface area contributed by atoms with Gasteiger partial charge in [-0.05, 0) is 63.2 Å². The zero-order valence-corrected chi connectivity index (χ0v) is 11.6. The minimum atomic E-state index is -0.125. The SMILES string of the molecule is CC1C(O)CC2CC3(OC2(C)C)C(C)CCC13. The Balaban J connectivity index is 2.03. The molecule has 2 nitrogen and oxygen atoms in total.